The summed E-state index contributed by atoms with van der Waals surface area (Å²) in [7, 11) is 0. The number of hydrogen-bond donors (Lipinski definition) is 2. The third kappa shape index (κ3) is 3.08. The standard InChI is InChI=1S/C23H23N3/c1-15-8-10-18(11-9-15)23(26-21-14-16(2)12-13-24-21)22-17(3)25-20-7-5-4-6-19(20)22/h4-14,23,25H,1-3H3,(H,24,26). The average Bonchev–Trinajstić information content (AvgIpc) is 2.96. The molecule has 4 aromatic rings. The van der Waals surface area contributed by atoms with Crippen molar-refractivity contribution in [1.82, 2.24) is 9.97 Å². The Kier molecular flexibility index (Phi) is 4.21. The summed E-state index contributed by atoms with van der Waals surface area (Å²) in [6, 6.07) is 21.3. The molecule has 0 fully saturated rings. The van der Waals surface area contributed by atoms with Gasteiger partial charge in [0.15, 0.2) is 0 Å². The molecule has 0 radical (unpaired) electrons. The molecule has 2 heterocycles. The first kappa shape index (κ1) is 16.4. The predicted octanol–water partition coefficient (Wildman–Crippen LogP) is 5.69. The van der Waals surface area contributed by atoms with Gasteiger partial charge in [-0.25, -0.2) is 4.98 Å². The molecular formula is C23H23N3. The average molecular weight is 341 g/mol. The minimum absolute atomic E-state index is 0.0287. The van der Waals surface area contributed by atoms with Gasteiger partial charge in [-0.3, -0.25) is 0 Å². The second-order valence-electron chi connectivity index (χ2n) is 6.92. The Morgan fingerprint density at radius 1 is 0.885 bits per heavy atom. The molecule has 1 atom stereocenters. The number of nitrogens with one attached hydrogen (secondary N) is 2. The van der Waals surface area contributed by atoms with Crippen molar-refractivity contribution in [3.8, 4) is 0 Å². The highest BCUT2D eigenvalue weighted by molar-refractivity contribution is 5.86. The minimum Gasteiger partial charge on any atom is -0.359 e. The van der Waals surface area contributed by atoms with E-state index in [0.29, 0.717) is 0 Å². The van der Waals surface area contributed by atoms with Crippen molar-refractivity contribution >= 4 is 16.7 Å². The Morgan fingerprint density at radius 3 is 2.42 bits per heavy atom. The van der Waals surface area contributed by atoms with Gasteiger partial charge in [-0.2, -0.15) is 0 Å². The molecule has 0 aliphatic heterocycles. The van der Waals surface area contributed by atoms with E-state index in [-0.39, 0.29) is 6.04 Å². The number of anilines is 1. The van der Waals surface area contributed by atoms with E-state index < -0.39 is 0 Å². The first-order valence-corrected chi connectivity index (χ1v) is 8.95. The van der Waals surface area contributed by atoms with Crippen LogP contribution in [0.1, 0.15) is 34.0 Å². The molecule has 0 aliphatic carbocycles. The molecule has 2 aromatic carbocycles. The number of para-hydroxylation sites is 1. The van der Waals surface area contributed by atoms with Crippen LogP contribution in [0, 0.1) is 20.8 Å². The zero-order chi connectivity index (χ0) is 18.1. The number of aromatic amines is 1. The molecule has 3 heteroatoms. The van der Waals surface area contributed by atoms with E-state index in [1.165, 1.54) is 33.3 Å². The van der Waals surface area contributed by atoms with E-state index in [9.17, 15) is 0 Å². The van der Waals surface area contributed by atoms with Crippen LogP contribution in [0.25, 0.3) is 10.9 Å². The number of aromatic nitrogens is 2. The van der Waals surface area contributed by atoms with E-state index in [1.807, 2.05) is 12.3 Å². The van der Waals surface area contributed by atoms with Crippen LogP contribution in [0.2, 0.25) is 0 Å². The van der Waals surface area contributed by atoms with Crippen molar-refractivity contribution in [3.63, 3.8) is 0 Å². The second kappa shape index (κ2) is 6.68. The zero-order valence-corrected chi connectivity index (χ0v) is 15.4. The maximum absolute atomic E-state index is 4.52. The highest BCUT2D eigenvalue weighted by Crippen LogP contribution is 2.34. The number of hydrogen-bond acceptors (Lipinski definition) is 2. The molecule has 0 spiro atoms. The molecule has 4 rings (SSSR count). The highest BCUT2D eigenvalue weighted by Gasteiger charge is 2.21. The van der Waals surface area contributed by atoms with Crippen molar-refractivity contribution in [2.75, 3.05) is 5.32 Å². The number of nitrogens with zero attached hydrogens (tertiary/aromatic N) is 1. The van der Waals surface area contributed by atoms with Gasteiger partial charge >= 0.3 is 0 Å². The van der Waals surface area contributed by atoms with Crippen LogP contribution in [0.3, 0.4) is 0 Å². The topological polar surface area (TPSA) is 40.7 Å². The largest absolute Gasteiger partial charge is 0.359 e. The molecule has 2 N–H and O–H groups in total. The molecule has 0 saturated carbocycles. The van der Waals surface area contributed by atoms with Gasteiger partial charge in [-0.15, -0.1) is 0 Å². The molecule has 130 valence electrons. The lowest BCUT2D eigenvalue weighted by Crippen LogP contribution is -2.14. The zero-order valence-electron chi connectivity index (χ0n) is 15.4. The maximum atomic E-state index is 4.52. The van der Waals surface area contributed by atoms with Crippen molar-refractivity contribution < 1.29 is 0 Å². The first-order valence-electron chi connectivity index (χ1n) is 8.95. The normalized spacial score (nSPS) is 12.3. The Bertz CT molecular complexity index is 1040. The van der Waals surface area contributed by atoms with Crippen LogP contribution in [0.4, 0.5) is 5.82 Å². The van der Waals surface area contributed by atoms with Crippen molar-refractivity contribution in [2.45, 2.75) is 26.8 Å². The number of pyridine rings is 1. The van der Waals surface area contributed by atoms with Crippen LogP contribution in [-0.4, -0.2) is 9.97 Å². The van der Waals surface area contributed by atoms with Gasteiger partial charge in [-0.05, 0) is 50.1 Å². The second-order valence-corrected chi connectivity index (χ2v) is 6.92. The Labute approximate surface area is 154 Å². The molecule has 0 saturated heterocycles. The van der Waals surface area contributed by atoms with Crippen LogP contribution < -0.4 is 5.32 Å². The Balaban J connectivity index is 1.87. The fourth-order valence-electron chi connectivity index (χ4n) is 3.51. The molecule has 1 unspecified atom stereocenters. The third-order valence-electron chi connectivity index (χ3n) is 4.85. The number of aryl methyl sites for hydroxylation is 3. The van der Waals surface area contributed by atoms with E-state index in [1.54, 1.807) is 0 Å². The van der Waals surface area contributed by atoms with Gasteiger partial charge < -0.3 is 10.3 Å². The Morgan fingerprint density at radius 2 is 1.65 bits per heavy atom. The van der Waals surface area contributed by atoms with Gasteiger partial charge in [0.2, 0.25) is 0 Å². The third-order valence-corrected chi connectivity index (χ3v) is 4.85. The smallest absolute Gasteiger partial charge is 0.126 e. The molecular weight excluding hydrogens is 318 g/mol. The first-order chi connectivity index (χ1) is 12.6. The molecule has 0 bridgehead atoms. The van der Waals surface area contributed by atoms with Crippen LogP contribution in [0.15, 0.2) is 66.9 Å². The van der Waals surface area contributed by atoms with Gasteiger partial charge in [0, 0.05) is 28.4 Å². The van der Waals surface area contributed by atoms with Gasteiger partial charge in [0.1, 0.15) is 5.82 Å². The minimum atomic E-state index is 0.0287. The summed E-state index contributed by atoms with van der Waals surface area (Å²) in [5.74, 6) is 0.889. The summed E-state index contributed by atoms with van der Waals surface area (Å²) in [5, 5.41) is 4.91. The summed E-state index contributed by atoms with van der Waals surface area (Å²) >= 11 is 0. The van der Waals surface area contributed by atoms with Gasteiger partial charge in [-0.1, -0.05) is 48.0 Å². The maximum Gasteiger partial charge on any atom is 0.126 e. The number of benzene rings is 2. The molecule has 0 amide bonds. The summed E-state index contributed by atoms with van der Waals surface area (Å²) in [6.07, 6.45) is 1.85. The summed E-state index contributed by atoms with van der Waals surface area (Å²) in [4.78, 5) is 8.05. The SMILES string of the molecule is Cc1ccc(C(Nc2cc(C)ccn2)c2c(C)[nH]c3ccccc23)cc1. The Hall–Kier alpha value is -3.07. The lowest BCUT2D eigenvalue weighted by molar-refractivity contribution is 0.920. The lowest BCUT2D eigenvalue weighted by Gasteiger charge is -2.21. The number of H-pyrrole nitrogens is 1. The van der Waals surface area contributed by atoms with Crippen molar-refractivity contribution in [2.24, 2.45) is 0 Å². The molecule has 3 nitrogen and oxygen atoms in total. The summed E-state index contributed by atoms with van der Waals surface area (Å²) in [6.45, 7) is 6.35. The predicted molar refractivity (Wildman–Crippen MR) is 109 cm³/mol. The van der Waals surface area contributed by atoms with E-state index in [4.69, 9.17) is 0 Å². The van der Waals surface area contributed by atoms with E-state index in [2.05, 4.69) is 90.7 Å². The van der Waals surface area contributed by atoms with Crippen molar-refractivity contribution in [3.05, 3.63) is 94.8 Å². The quantitative estimate of drug-likeness (QED) is 0.500. The number of fused-ring (bicyclic) bond motifs is 1. The van der Waals surface area contributed by atoms with E-state index >= 15 is 0 Å². The van der Waals surface area contributed by atoms with Crippen molar-refractivity contribution in [1.29, 1.82) is 0 Å². The van der Waals surface area contributed by atoms with Crippen LogP contribution in [-0.2, 0) is 0 Å². The molecule has 2 aromatic heterocycles. The summed E-state index contributed by atoms with van der Waals surface area (Å²) in [5.41, 5.74) is 7.30. The highest BCUT2D eigenvalue weighted by atomic mass is 15.0. The van der Waals surface area contributed by atoms with Crippen LogP contribution in [0.5, 0.6) is 0 Å². The molecule has 0 aliphatic rings. The van der Waals surface area contributed by atoms with E-state index in [0.717, 1.165) is 11.3 Å². The number of rotatable bonds is 4. The fraction of sp³-hybridized carbons (Fsp3) is 0.174. The summed E-state index contributed by atoms with van der Waals surface area (Å²) < 4.78 is 0. The fourth-order valence-corrected chi connectivity index (χ4v) is 3.51. The molecule has 26 heavy (non-hydrogen) atoms. The van der Waals surface area contributed by atoms with Crippen LogP contribution >= 0.6 is 0 Å². The van der Waals surface area contributed by atoms with Gasteiger partial charge in [0.25, 0.3) is 0 Å². The monoisotopic (exact) mass is 341 g/mol. The lowest BCUT2D eigenvalue weighted by atomic mass is 9.95. The van der Waals surface area contributed by atoms with Gasteiger partial charge in [0.05, 0.1) is 6.04 Å².